The number of nitrogens with zero attached hydrogens (tertiary/aromatic N) is 1. The van der Waals surface area contributed by atoms with E-state index in [-0.39, 0.29) is 0 Å². The summed E-state index contributed by atoms with van der Waals surface area (Å²) in [7, 11) is 0. The third-order valence-electron chi connectivity index (χ3n) is 3.72. The molecule has 1 N–H and O–H groups in total. The molecule has 0 aliphatic carbocycles. The summed E-state index contributed by atoms with van der Waals surface area (Å²) in [4.78, 5) is 2.59. The summed E-state index contributed by atoms with van der Waals surface area (Å²) in [5.74, 6) is 0.868. The normalized spacial score (nSPS) is 31.3. The molecule has 0 saturated carbocycles. The van der Waals surface area contributed by atoms with Crippen LogP contribution in [0, 0.1) is 5.92 Å². The summed E-state index contributed by atoms with van der Waals surface area (Å²) < 4.78 is 5.69. The molecule has 2 aliphatic rings. The zero-order chi connectivity index (χ0) is 11.2. The summed E-state index contributed by atoms with van der Waals surface area (Å²) in [6.07, 6.45) is 5.67. The molecular weight excluding hydrogens is 200 g/mol. The van der Waals surface area contributed by atoms with E-state index in [9.17, 15) is 0 Å². The predicted molar refractivity (Wildman–Crippen MR) is 66.7 cm³/mol. The highest BCUT2D eigenvalue weighted by atomic mass is 16.5. The molecular formula is C13H26N2O. The molecule has 3 nitrogen and oxygen atoms in total. The van der Waals surface area contributed by atoms with E-state index in [2.05, 4.69) is 17.1 Å². The fraction of sp³-hybridized carbons (Fsp3) is 1.00. The summed E-state index contributed by atoms with van der Waals surface area (Å²) >= 11 is 0. The maximum Gasteiger partial charge on any atom is 0.0702 e. The van der Waals surface area contributed by atoms with Gasteiger partial charge in [-0.3, -0.25) is 0 Å². The quantitative estimate of drug-likeness (QED) is 0.694. The molecule has 0 bridgehead atoms. The Kier molecular flexibility index (Phi) is 5.07. The summed E-state index contributed by atoms with van der Waals surface area (Å²) in [6.45, 7) is 9.31. The Balaban J connectivity index is 1.59. The molecule has 2 unspecified atom stereocenters. The van der Waals surface area contributed by atoms with Crippen LogP contribution >= 0.6 is 0 Å². The topological polar surface area (TPSA) is 24.5 Å². The van der Waals surface area contributed by atoms with E-state index in [0.717, 1.165) is 12.5 Å². The minimum absolute atomic E-state index is 0.530. The van der Waals surface area contributed by atoms with E-state index < -0.39 is 0 Å². The van der Waals surface area contributed by atoms with Gasteiger partial charge in [0.2, 0.25) is 0 Å². The van der Waals surface area contributed by atoms with Crippen LogP contribution in [0.25, 0.3) is 0 Å². The Morgan fingerprint density at radius 1 is 1.38 bits per heavy atom. The van der Waals surface area contributed by atoms with Gasteiger partial charge in [0.1, 0.15) is 0 Å². The highest BCUT2D eigenvalue weighted by Crippen LogP contribution is 2.19. The highest BCUT2D eigenvalue weighted by molar-refractivity contribution is 4.80. The van der Waals surface area contributed by atoms with Gasteiger partial charge in [-0.2, -0.15) is 0 Å². The second-order valence-corrected chi connectivity index (χ2v) is 5.25. The predicted octanol–water partition coefficient (Wildman–Crippen LogP) is 1.49. The van der Waals surface area contributed by atoms with Gasteiger partial charge in [0, 0.05) is 19.7 Å². The third kappa shape index (κ3) is 3.72. The monoisotopic (exact) mass is 226 g/mol. The van der Waals surface area contributed by atoms with Crippen molar-refractivity contribution in [1.82, 2.24) is 10.2 Å². The lowest BCUT2D eigenvalue weighted by Gasteiger charge is -2.20. The van der Waals surface area contributed by atoms with Crippen molar-refractivity contribution in [2.24, 2.45) is 5.92 Å². The maximum absolute atomic E-state index is 5.69. The first kappa shape index (κ1) is 12.3. The molecule has 16 heavy (non-hydrogen) atoms. The molecule has 94 valence electrons. The van der Waals surface area contributed by atoms with Crippen LogP contribution in [-0.4, -0.2) is 50.3 Å². The molecule has 2 rings (SSSR count). The van der Waals surface area contributed by atoms with Crippen molar-refractivity contribution < 1.29 is 4.74 Å². The molecule has 0 spiro atoms. The minimum atomic E-state index is 0.530. The Hall–Kier alpha value is -0.120. The molecule has 0 aromatic heterocycles. The smallest absolute Gasteiger partial charge is 0.0702 e. The molecule has 2 heterocycles. The lowest BCUT2D eigenvalue weighted by molar-refractivity contribution is 0.0796. The van der Waals surface area contributed by atoms with Crippen molar-refractivity contribution in [3.8, 4) is 0 Å². The molecule has 2 atom stereocenters. The SMILES string of the molecule is CCCNCC1CCN(CC2CCCO2)C1. The van der Waals surface area contributed by atoms with Crippen molar-refractivity contribution in [2.75, 3.05) is 39.3 Å². The van der Waals surface area contributed by atoms with Gasteiger partial charge in [-0.25, -0.2) is 0 Å². The number of hydrogen-bond acceptors (Lipinski definition) is 3. The summed E-state index contributed by atoms with van der Waals surface area (Å²) in [5.41, 5.74) is 0. The zero-order valence-electron chi connectivity index (χ0n) is 10.6. The fourth-order valence-electron chi connectivity index (χ4n) is 2.80. The number of ether oxygens (including phenoxy) is 1. The van der Waals surface area contributed by atoms with Crippen LogP contribution in [0.5, 0.6) is 0 Å². The minimum Gasteiger partial charge on any atom is -0.377 e. The molecule has 0 radical (unpaired) electrons. The van der Waals surface area contributed by atoms with Crippen molar-refractivity contribution >= 4 is 0 Å². The van der Waals surface area contributed by atoms with Gasteiger partial charge in [0.15, 0.2) is 0 Å². The largest absolute Gasteiger partial charge is 0.377 e. The first-order valence-corrected chi connectivity index (χ1v) is 6.93. The van der Waals surface area contributed by atoms with Gasteiger partial charge in [0.05, 0.1) is 6.10 Å². The molecule has 3 heteroatoms. The average Bonchev–Trinajstić information content (AvgIpc) is 2.91. The van der Waals surface area contributed by atoms with E-state index in [1.807, 2.05) is 0 Å². The molecule has 2 aliphatic heterocycles. The molecule has 0 amide bonds. The lowest BCUT2D eigenvalue weighted by atomic mass is 10.1. The van der Waals surface area contributed by atoms with Crippen LogP contribution in [-0.2, 0) is 4.74 Å². The van der Waals surface area contributed by atoms with Gasteiger partial charge >= 0.3 is 0 Å². The van der Waals surface area contributed by atoms with Crippen molar-refractivity contribution in [1.29, 1.82) is 0 Å². The maximum atomic E-state index is 5.69. The average molecular weight is 226 g/mol. The van der Waals surface area contributed by atoms with Crippen LogP contribution in [0.3, 0.4) is 0 Å². The number of hydrogen-bond donors (Lipinski definition) is 1. The van der Waals surface area contributed by atoms with E-state index in [1.54, 1.807) is 0 Å². The van der Waals surface area contributed by atoms with Gasteiger partial charge in [-0.1, -0.05) is 6.92 Å². The third-order valence-corrected chi connectivity index (χ3v) is 3.72. The van der Waals surface area contributed by atoms with Gasteiger partial charge in [0.25, 0.3) is 0 Å². The van der Waals surface area contributed by atoms with Crippen LogP contribution < -0.4 is 5.32 Å². The van der Waals surface area contributed by atoms with Gasteiger partial charge < -0.3 is 15.0 Å². The van der Waals surface area contributed by atoms with Crippen LogP contribution in [0.4, 0.5) is 0 Å². The van der Waals surface area contributed by atoms with Gasteiger partial charge in [-0.15, -0.1) is 0 Å². The van der Waals surface area contributed by atoms with Crippen LogP contribution in [0.15, 0.2) is 0 Å². The number of likely N-dealkylation sites (tertiary alicyclic amines) is 1. The Bertz CT molecular complexity index is 192. The Morgan fingerprint density at radius 2 is 2.31 bits per heavy atom. The summed E-state index contributed by atoms with van der Waals surface area (Å²) in [6, 6.07) is 0. The van der Waals surface area contributed by atoms with E-state index in [0.29, 0.717) is 6.10 Å². The zero-order valence-corrected chi connectivity index (χ0v) is 10.6. The van der Waals surface area contributed by atoms with Crippen molar-refractivity contribution in [3.05, 3.63) is 0 Å². The first-order valence-electron chi connectivity index (χ1n) is 6.93. The second kappa shape index (κ2) is 6.58. The van der Waals surface area contributed by atoms with Crippen LogP contribution in [0.1, 0.15) is 32.6 Å². The standard InChI is InChI=1S/C13H26N2O/c1-2-6-14-9-12-5-7-15(10-12)11-13-4-3-8-16-13/h12-14H,2-11H2,1H3. The van der Waals surface area contributed by atoms with Crippen molar-refractivity contribution in [3.63, 3.8) is 0 Å². The fourth-order valence-corrected chi connectivity index (χ4v) is 2.80. The van der Waals surface area contributed by atoms with E-state index in [4.69, 9.17) is 4.74 Å². The molecule has 2 saturated heterocycles. The van der Waals surface area contributed by atoms with Gasteiger partial charge in [-0.05, 0) is 51.2 Å². The van der Waals surface area contributed by atoms with E-state index in [1.165, 1.54) is 58.4 Å². The Morgan fingerprint density at radius 3 is 3.06 bits per heavy atom. The van der Waals surface area contributed by atoms with Crippen LogP contribution in [0.2, 0.25) is 0 Å². The Labute approximate surface area is 99.5 Å². The lowest BCUT2D eigenvalue weighted by Crippen LogP contribution is -2.32. The number of rotatable bonds is 6. The second-order valence-electron chi connectivity index (χ2n) is 5.25. The summed E-state index contributed by atoms with van der Waals surface area (Å²) in [5, 5.41) is 3.53. The molecule has 0 aromatic rings. The molecule has 0 aromatic carbocycles. The first-order chi connectivity index (χ1) is 7.88. The number of nitrogens with one attached hydrogen (secondary N) is 1. The van der Waals surface area contributed by atoms with E-state index >= 15 is 0 Å². The van der Waals surface area contributed by atoms with Crippen molar-refractivity contribution in [2.45, 2.75) is 38.7 Å². The highest BCUT2D eigenvalue weighted by Gasteiger charge is 2.25. The molecule has 2 fully saturated rings.